The van der Waals surface area contributed by atoms with Crippen LogP contribution >= 0.6 is 46.4 Å². The van der Waals surface area contributed by atoms with E-state index in [4.69, 9.17) is 16.2 Å². The van der Waals surface area contributed by atoms with Gasteiger partial charge in [0, 0.05) is 22.6 Å². The number of ether oxygens (including phenoxy) is 1. The molecule has 0 saturated heterocycles. The van der Waals surface area contributed by atoms with Gasteiger partial charge in [-0.25, -0.2) is 19.7 Å². The lowest BCUT2D eigenvalue weighted by molar-refractivity contribution is -0.124. The molecule has 0 radical (unpaired) electrons. The highest BCUT2D eigenvalue weighted by molar-refractivity contribution is 7.10. The first-order valence-electron chi connectivity index (χ1n) is 16.9. The lowest BCUT2D eigenvalue weighted by atomic mass is 10.0. The van der Waals surface area contributed by atoms with Crippen molar-refractivity contribution < 1.29 is 33.8 Å². The van der Waals surface area contributed by atoms with Crippen LogP contribution in [0.4, 0.5) is 0 Å². The number of hydrogen-bond acceptors (Lipinski definition) is 14. The van der Waals surface area contributed by atoms with Crippen molar-refractivity contribution in [1.82, 2.24) is 30.9 Å². The minimum absolute atomic E-state index is 0. The Morgan fingerprint density at radius 3 is 1.91 bits per heavy atom. The first kappa shape index (κ1) is 43.9. The van der Waals surface area contributed by atoms with E-state index in [1.165, 1.54) is 40.2 Å². The molecule has 0 saturated carbocycles. The summed E-state index contributed by atoms with van der Waals surface area (Å²) in [7, 11) is 0. The van der Waals surface area contributed by atoms with Gasteiger partial charge in [-0.1, -0.05) is 39.8 Å². The Balaban J connectivity index is 0.00000784. The average molecular weight is 821 g/mol. The normalized spacial score (nSPS) is 13.3. The second-order valence-corrected chi connectivity index (χ2v) is 15.7. The number of carbonyl (C=O) groups excluding carboxylic acids is 5. The number of amides is 4. The third kappa shape index (κ3) is 12.3. The zero-order chi connectivity index (χ0) is 38.8. The number of benzene rings is 1. The highest BCUT2D eigenvalue weighted by atomic mass is 35.5. The fourth-order valence-electron chi connectivity index (χ4n) is 5.04. The molecule has 54 heavy (non-hydrogen) atoms. The van der Waals surface area contributed by atoms with E-state index in [0.29, 0.717) is 22.0 Å². The molecule has 19 heteroatoms. The number of nitrogens with two attached hydrogens (primary N) is 2. The van der Waals surface area contributed by atoms with Gasteiger partial charge in [-0.3, -0.25) is 19.2 Å². The van der Waals surface area contributed by atoms with Crippen molar-refractivity contribution in [2.45, 2.75) is 78.0 Å². The zero-order valence-electron chi connectivity index (χ0n) is 30.4. The number of phenolic OH excluding ortho intramolecular Hbond substituents is 1. The van der Waals surface area contributed by atoms with Crippen molar-refractivity contribution in [1.29, 1.82) is 0 Å². The summed E-state index contributed by atoms with van der Waals surface area (Å²) < 4.78 is 5.00. The van der Waals surface area contributed by atoms with Crippen LogP contribution in [0, 0.1) is 11.8 Å². The summed E-state index contributed by atoms with van der Waals surface area (Å²) in [5.74, 6) is -2.75. The summed E-state index contributed by atoms with van der Waals surface area (Å²) in [6.07, 6.45) is 0.212. The molecule has 0 bridgehead atoms. The van der Waals surface area contributed by atoms with Crippen LogP contribution in [0.25, 0.3) is 0 Å². The van der Waals surface area contributed by atoms with Gasteiger partial charge in [0.1, 0.15) is 38.2 Å². The number of hydrogen-bond donors (Lipinski definition) is 6. The van der Waals surface area contributed by atoms with Crippen LogP contribution in [0.3, 0.4) is 0 Å². The van der Waals surface area contributed by atoms with Crippen LogP contribution in [0.2, 0.25) is 0 Å². The smallest absolute Gasteiger partial charge is 0.357 e. The maximum absolute atomic E-state index is 13.8. The van der Waals surface area contributed by atoms with Crippen molar-refractivity contribution in [3.63, 3.8) is 0 Å². The second-order valence-electron chi connectivity index (χ2n) is 13.0. The molecule has 4 rings (SSSR count). The molecule has 0 aliphatic rings. The molecule has 4 atom stereocenters. The van der Waals surface area contributed by atoms with Gasteiger partial charge in [0.2, 0.25) is 11.8 Å². The minimum atomic E-state index is -1.18. The van der Waals surface area contributed by atoms with Crippen molar-refractivity contribution in [3.8, 4) is 5.75 Å². The van der Waals surface area contributed by atoms with Crippen molar-refractivity contribution >= 4 is 76.0 Å². The van der Waals surface area contributed by atoms with Crippen LogP contribution in [0.15, 0.2) is 40.4 Å². The third-order valence-corrected chi connectivity index (χ3v) is 10.7. The van der Waals surface area contributed by atoms with E-state index in [0.717, 1.165) is 11.3 Å². The van der Waals surface area contributed by atoms with Crippen molar-refractivity contribution in [2.75, 3.05) is 6.61 Å². The van der Waals surface area contributed by atoms with Crippen LogP contribution in [-0.2, 0) is 20.7 Å². The van der Waals surface area contributed by atoms with Gasteiger partial charge < -0.3 is 37.3 Å². The number of rotatable bonds is 18. The number of nitrogens with one attached hydrogen (secondary N) is 3. The first-order valence-corrected chi connectivity index (χ1v) is 19.6. The van der Waals surface area contributed by atoms with Crippen LogP contribution < -0.4 is 27.4 Å². The predicted octanol–water partition coefficient (Wildman–Crippen LogP) is 4.61. The van der Waals surface area contributed by atoms with Gasteiger partial charge in [-0.2, -0.15) is 0 Å². The number of esters is 1. The molecule has 0 aliphatic heterocycles. The predicted molar refractivity (Wildman–Crippen MR) is 209 cm³/mol. The monoisotopic (exact) mass is 820 g/mol. The maximum atomic E-state index is 13.8. The zero-order valence-corrected chi connectivity index (χ0v) is 33.6. The summed E-state index contributed by atoms with van der Waals surface area (Å²) in [6.45, 7) is 9.77. The van der Waals surface area contributed by atoms with Gasteiger partial charge in [0.05, 0.1) is 31.2 Å². The van der Waals surface area contributed by atoms with Gasteiger partial charge >= 0.3 is 5.97 Å². The third-order valence-electron chi connectivity index (χ3n) is 7.85. The van der Waals surface area contributed by atoms with Crippen LogP contribution in [0.1, 0.15) is 118 Å². The Morgan fingerprint density at radius 2 is 1.33 bits per heavy atom. The maximum Gasteiger partial charge on any atom is 0.357 e. The molecule has 0 unspecified atom stereocenters. The molecule has 3 aromatic heterocycles. The summed E-state index contributed by atoms with van der Waals surface area (Å²) in [6, 6.07) is 3.12. The lowest BCUT2D eigenvalue weighted by Gasteiger charge is -2.22. The molecule has 0 fully saturated rings. The van der Waals surface area contributed by atoms with Gasteiger partial charge in [0.15, 0.2) is 5.69 Å². The Morgan fingerprint density at radius 1 is 0.796 bits per heavy atom. The largest absolute Gasteiger partial charge is 0.508 e. The Hall–Kier alpha value is -4.49. The van der Waals surface area contributed by atoms with Crippen LogP contribution in [0.5, 0.6) is 5.75 Å². The topological polar surface area (TPSA) is 242 Å². The molecular weight excluding hydrogens is 776 g/mol. The Bertz CT molecular complexity index is 1900. The molecule has 0 spiro atoms. The fourth-order valence-corrected chi connectivity index (χ4v) is 7.71. The van der Waals surface area contributed by atoms with E-state index in [-0.39, 0.29) is 83.5 Å². The van der Waals surface area contributed by atoms with E-state index in [2.05, 4.69) is 30.9 Å². The molecule has 15 nitrogen and oxygen atoms in total. The van der Waals surface area contributed by atoms with Gasteiger partial charge in [0.25, 0.3) is 11.8 Å². The van der Waals surface area contributed by atoms with E-state index >= 15 is 0 Å². The molecular formula is C35H45ClN8O7S3. The molecule has 4 amide bonds. The number of primary amides is 1. The summed E-state index contributed by atoms with van der Waals surface area (Å²) in [5, 5.41) is 24.4. The fraction of sp³-hybridized carbons (Fsp3) is 0.429. The molecule has 3 heterocycles. The van der Waals surface area contributed by atoms with E-state index in [9.17, 15) is 29.1 Å². The number of carbonyl (C=O) groups is 5. The van der Waals surface area contributed by atoms with E-state index in [1.54, 1.807) is 29.8 Å². The summed E-state index contributed by atoms with van der Waals surface area (Å²) >= 11 is 3.56. The highest BCUT2D eigenvalue weighted by Crippen LogP contribution is 2.27. The quantitative estimate of drug-likeness (QED) is 0.0758. The van der Waals surface area contributed by atoms with Crippen LogP contribution in [-0.4, -0.2) is 62.3 Å². The first-order chi connectivity index (χ1) is 25.1. The Kier molecular flexibility index (Phi) is 16.5. The van der Waals surface area contributed by atoms with Gasteiger partial charge in [-0.05, 0) is 42.9 Å². The molecule has 292 valence electrons. The summed E-state index contributed by atoms with van der Waals surface area (Å²) in [4.78, 5) is 78.3. The molecule has 4 aromatic rings. The average Bonchev–Trinajstić information content (AvgIpc) is 3.89. The number of phenols is 1. The second kappa shape index (κ2) is 20.3. The minimum Gasteiger partial charge on any atom is -0.508 e. The number of aromatic nitrogens is 3. The number of thiazole rings is 3. The number of aromatic hydroxyl groups is 1. The standard InChI is InChI=1S/C35H44N8O7S3.ClH/c1-6-50-35(49)26-16-52-33(43-26)23(13-27(36)45)40-29(46)21(12-19-7-9-20(44)10-8-19)38-30(47)24-14-51-32(41-24)22(11-17(2)3)39-31(48)25-15-53-34(42-25)28(37)18(4)5;/h7-10,14-18,21-23,28,44H,6,11-13,37H2,1-5H3,(H2,36,45)(H,38,47)(H,39,48)(H,40,46);1H/t21-,22-,23+,28+;/m1./s1. The number of halogens is 1. The van der Waals surface area contributed by atoms with Gasteiger partial charge in [-0.15, -0.1) is 46.4 Å². The summed E-state index contributed by atoms with van der Waals surface area (Å²) in [5.41, 5.74) is 12.6. The molecule has 8 N–H and O–H groups in total. The van der Waals surface area contributed by atoms with E-state index in [1.807, 2.05) is 27.7 Å². The Labute approximate surface area is 331 Å². The molecule has 0 aliphatic carbocycles. The highest BCUT2D eigenvalue weighted by Gasteiger charge is 2.30. The van der Waals surface area contributed by atoms with E-state index < -0.39 is 41.8 Å². The lowest BCUT2D eigenvalue weighted by Crippen LogP contribution is -2.49. The van der Waals surface area contributed by atoms with Crippen molar-refractivity contribution in [2.24, 2.45) is 23.3 Å². The van der Waals surface area contributed by atoms with Crippen molar-refractivity contribution in [3.05, 3.63) is 78.1 Å². The number of nitrogens with zero attached hydrogens (tertiary/aromatic N) is 3. The SMILES string of the molecule is CCOC(=O)c1csc([C@H](CC(N)=O)NC(=O)[C@@H](Cc2ccc(O)cc2)NC(=O)c2csc([C@@H](CC(C)C)NC(=O)c3csc([C@@H](N)C(C)C)n3)n2)n1.Cl. The molecule has 1 aromatic carbocycles.